The number of aliphatic hydroxyl groups excluding tert-OH is 1. The molecule has 0 fully saturated rings. The summed E-state index contributed by atoms with van der Waals surface area (Å²) >= 11 is 0. The number of nitrogens with zero attached hydrogens (tertiary/aromatic N) is 7. The molecule has 45 heavy (non-hydrogen) atoms. The molecule has 0 saturated carbocycles. The zero-order valence-electron chi connectivity index (χ0n) is 24.5. The number of hydrogen-bond donors (Lipinski definition) is 3. The number of hydrogen-bond acceptors (Lipinski definition) is 14. The minimum absolute atomic E-state index is 0.0584. The summed E-state index contributed by atoms with van der Waals surface area (Å²) in [6, 6.07) is 5.76. The second-order valence-corrected chi connectivity index (χ2v) is 11.5. The Bertz CT molecular complexity index is 1870. The minimum Gasteiger partial charge on any atom is -0.494 e. The lowest BCUT2D eigenvalue weighted by molar-refractivity contribution is 0.170. The molecule has 0 saturated heterocycles. The van der Waals surface area contributed by atoms with E-state index >= 15 is 0 Å². The molecule has 0 aliphatic rings. The van der Waals surface area contributed by atoms with Crippen molar-refractivity contribution in [2.75, 3.05) is 26.1 Å². The first-order chi connectivity index (χ1) is 21.3. The van der Waals surface area contributed by atoms with Crippen LogP contribution in [0.2, 0.25) is 0 Å². The lowest BCUT2D eigenvalue weighted by Crippen LogP contribution is -2.32. The number of aliphatic hydroxyl groups is 1. The Balaban J connectivity index is 0.000000707. The average molecular weight is 664 g/mol. The van der Waals surface area contributed by atoms with Crippen molar-refractivity contribution < 1.29 is 40.9 Å². The number of urea groups is 1. The quantitative estimate of drug-likeness (QED) is 0.217. The van der Waals surface area contributed by atoms with Gasteiger partial charge in [-0.05, 0) is 37.6 Å². The molecule has 240 valence electrons. The normalized spacial score (nSPS) is 12.1. The number of amides is 2. The first-order valence-corrected chi connectivity index (χ1v) is 15.2. The molecule has 4 aromatic rings. The van der Waals surface area contributed by atoms with Crippen LogP contribution in [0, 0.1) is 6.92 Å². The van der Waals surface area contributed by atoms with E-state index in [0.29, 0.717) is 22.7 Å². The number of sulfonamides is 1. The molecule has 4 rings (SSSR count). The van der Waals surface area contributed by atoms with E-state index in [-0.39, 0.29) is 23.3 Å². The maximum absolute atomic E-state index is 13.4. The number of nitrogens with two attached hydrogens (primary N) is 1. The average Bonchev–Trinajstić information content (AvgIpc) is 3.41. The fourth-order valence-corrected chi connectivity index (χ4v) is 4.96. The van der Waals surface area contributed by atoms with Crippen molar-refractivity contribution in [2.45, 2.75) is 25.2 Å². The molecule has 0 unspecified atom stereocenters. The summed E-state index contributed by atoms with van der Waals surface area (Å²) in [5.41, 5.74) is 6.17. The van der Waals surface area contributed by atoms with Gasteiger partial charge in [-0.3, -0.25) is 19.3 Å². The number of methoxy groups -OCH3 is 3. The van der Waals surface area contributed by atoms with Crippen molar-refractivity contribution in [2.24, 2.45) is 10.1 Å². The van der Waals surface area contributed by atoms with Crippen molar-refractivity contribution in [3.05, 3.63) is 60.3 Å². The van der Waals surface area contributed by atoms with E-state index in [2.05, 4.69) is 40.0 Å². The summed E-state index contributed by atoms with van der Waals surface area (Å²) in [5.74, 6) is 1.13. The van der Waals surface area contributed by atoms with Gasteiger partial charge in [0.25, 0.3) is 0 Å². The molecule has 0 aliphatic heterocycles. The van der Waals surface area contributed by atoms with Gasteiger partial charge in [0.05, 0.1) is 39.4 Å². The van der Waals surface area contributed by atoms with Crippen LogP contribution in [0.4, 0.5) is 10.7 Å². The van der Waals surface area contributed by atoms with Gasteiger partial charge in [0.2, 0.25) is 21.9 Å². The van der Waals surface area contributed by atoms with Crippen LogP contribution in [0.5, 0.6) is 17.4 Å². The van der Waals surface area contributed by atoms with Gasteiger partial charge in [-0.15, -0.1) is 10.2 Å². The van der Waals surface area contributed by atoms with Gasteiger partial charge in [-0.25, -0.2) is 18.2 Å². The highest BCUT2D eigenvalue weighted by molar-refractivity contribution is 7.93. The van der Waals surface area contributed by atoms with Gasteiger partial charge < -0.3 is 25.1 Å². The number of carbonyl (C=O) groups excluding carboxylic acids is 1. The van der Waals surface area contributed by atoms with Crippen LogP contribution in [0.25, 0.3) is 17.1 Å². The lowest BCUT2D eigenvalue weighted by atomic mass is 10.2. The van der Waals surface area contributed by atoms with Gasteiger partial charge in [0, 0.05) is 18.0 Å². The Hall–Kier alpha value is -5.21. The molecule has 2 amide bonds. The number of para-hydroxylation sites is 1. The van der Waals surface area contributed by atoms with Crippen LogP contribution < -0.4 is 24.7 Å². The molecule has 4 N–H and O–H groups in total. The third-order valence-electron chi connectivity index (χ3n) is 5.91. The fraction of sp³-hybridized carbons (Fsp3) is 0.280. The summed E-state index contributed by atoms with van der Waals surface area (Å²) in [7, 11) is -2.55. The molecule has 20 heteroatoms. The van der Waals surface area contributed by atoms with E-state index in [9.17, 15) is 26.7 Å². The first kappa shape index (κ1) is 34.3. The van der Waals surface area contributed by atoms with E-state index in [1.807, 2.05) is 13.0 Å². The second-order valence-electron chi connectivity index (χ2n) is 8.87. The number of carbonyl (C=O) groups is 1. The van der Waals surface area contributed by atoms with Crippen molar-refractivity contribution >= 4 is 32.5 Å². The summed E-state index contributed by atoms with van der Waals surface area (Å²) in [5, 5.41) is 17.8. The minimum atomic E-state index is -4.24. The number of aryl methyl sites for hydroxylation is 1. The number of ether oxygens (including phenoxy) is 3. The number of pyridine rings is 1. The molecule has 3 heterocycles. The largest absolute Gasteiger partial charge is 0.494 e. The highest BCUT2D eigenvalue weighted by atomic mass is 32.2. The SMILES string of the molecule is COc1cnc([C@@H](O)[C@@H](C)S(=O)(=O)Nc2nnc(-c3cncc(C)c3)n2-c2c(OC)cccc2OC)cn1.NC(=O)N=S(=O)=O. The van der Waals surface area contributed by atoms with Crippen molar-refractivity contribution in [3.8, 4) is 34.5 Å². The van der Waals surface area contributed by atoms with Crippen molar-refractivity contribution in [3.63, 3.8) is 0 Å². The van der Waals surface area contributed by atoms with E-state index in [0.717, 1.165) is 5.56 Å². The highest BCUT2D eigenvalue weighted by Gasteiger charge is 2.33. The summed E-state index contributed by atoms with van der Waals surface area (Å²) in [4.78, 5) is 21.7. The van der Waals surface area contributed by atoms with Crippen molar-refractivity contribution in [1.29, 1.82) is 0 Å². The molecule has 0 spiro atoms. The molecule has 0 radical (unpaired) electrons. The predicted molar refractivity (Wildman–Crippen MR) is 159 cm³/mol. The molecule has 1 aromatic carbocycles. The Morgan fingerprint density at radius 1 is 1.04 bits per heavy atom. The number of primary amides is 1. The van der Waals surface area contributed by atoms with Gasteiger partial charge in [-0.2, -0.15) is 8.42 Å². The Morgan fingerprint density at radius 3 is 2.20 bits per heavy atom. The Kier molecular flexibility index (Phi) is 11.4. The van der Waals surface area contributed by atoms with Crippen LogP contribution in [0.3, 0.4) is 0 Å². The number of nitrogens with one attached hydrogen (secondary N) is 1. The number of benzene rings is 1. The predicted octanol–water partition coefficient (Wildman–Crippen LogP) is 1.45. The zero-order chi connectivity index (χ0) is 33.3. The summed E-state index contributed by atoms with van der Waals surface area (Å²) in [6.07, 6.45) is 4.31. The van der Waals surface area contributed by atoms with E-state index in [1.54, 1.807) is 30.6 Å². The maximum atomic E-state index is 13.4. The van der Waals surface area contributed by atoms with Crippen LogP contribution in [-0.4, -0.2) is 84.3 Å². The zero-order valence-corrected chi connectivity index (χ0v) is 26.1. The lowest BCUT2D eigenvalue weighted by Gasteiger charge is -2.21. The smallest absolute Gasteiger partial charge is 0.353 e. The number of aromatic nitrogens is 6. The monoisotopic (exact) mass is 663 g/mol. The molecule has 2 atom stereocenters. The molecular weight excluding hydrogens is 634 g/mol. The standard InChI is InChI=1S/C24H27N7O6S.CH2N2O3S/c1-14-9-16(11-25-10-14)23-28-29-24(31(23)21-18(35-3)7-6-8-19(21)36-4)30-38(33,34)15(2)22(32)17-12-27-20(37-5)13-26-17;2-1(4)3-7(5)6/h6-13,15,22,32H,1-5H3,(H,29,30);(H2,2,4)/t15-,22+;/m1./s1. The van der Waals surface area contributed by atoms with E-state index < -0.39 is 37.9 Å². The molecule has 0 aliphatic carbocycles. The van der Waals surface area contributed by atoms with Crippen LogP contribution in [-0.2, 0) is 20.5 Å². The van der Waals surface area contributed by atoms with Crippen LogP contribution in [0.1, 0.15) is 24.3 Å². The van der Waals surface area contributed by atoms with Gasteiger partial charge in [0.15, 0.2) is 5.82 Å². The number of rotatable bonds is 10. The first-order valence-electron chi connectivity index (χ1n) is 12.6. The Labute approximate surface area is 259 Å². The van der Waals surface area contributed by atoms with Gasteiger partial charge >= 0.3 is 16.5 Å². The topological polar surface area (TPSA) is 253 Å². The molecule has 3 aromatic heterocycles. The van der Waals surface area contributed by atoms with Crippen LogP contribution in [0.15, 0.2) is 53.4 Å². The summed E-state index contributed by atoms with van der Waals surface area (Å²) in [6.45, 7) is 3.21. The van der Waals surface area contributed by atoms with E-state index in [1.165, 1.54) is 45.2 Å². The van der Waals surface area contributed by atoms with Gasteiger partial charge in [0.1, 0.15) is 28.5 Å². The number of anilines is 1. The molecular formula is C25H29N9O9S2. The van der Waals surface area contributed by atoms with E-state index in [4.69, 9.17) is 14.2 Å². The molecule has 0 bridgehead atoms. The second kappa shape index (κ2) is 15.0. The summed E-state index contributed by atoms with van der Waals surface area (Å²) < 4.78 is 67.9. The third kappa shape index (κ3) is 8.46. The fourth-order valence-electron chi connectivity index (χ4n) is 3.77. The van der Waals surface area contributed by atoms with Gasteiger partial charge in [-0.1, -0.05) is 10.4 Å². The highest BCUT2D eigenvalue weighted by Crippen LogP contribution is 2.38. The van der Waals surface area contributed by atoms with Crippen LogP contribution >= 0.6 is 0 Å². The Morgan fingerprint density at radius 2 is 1.71 bits per heavy atom. The third-order valence-corrected chi connectivity index (χ3v) is 7.95. The molecule has 18 nitrogen and oxygen atoms in total. The van der Waals surface area contributed by atoms with Crippen molar-refractivity contribution in [1.82, 2.24) is 29.7 Å². The maximum Gasteiger partial charge on any atom is 0.353 e.